The molecular formula is C17H18N2O2S. The Kier molecular flexibility index (Phi) is 3.60. The normalized spacial score (nSPS) is 16.2. The molecule has 3 rings (SSSR count). The predicted octanol–water partition coefficient (Wildman–Crippen LogP) is 2.92. The number of thioether (sulfide) groups is 1. The lowest BCUT2D eigenvalue weighted by Gasteiger charge is -2.38. The summed E-state index contributed by atoms with van der Waals surface area (Å²) in [6.07, 6.45) is 1.60. The zero-order chi connectivity index (χ0) is 15.9. The number of rotatable bonds is 1. The van der Waals surface area contributed by atoms with Crippen molar-refractivity contribution >= 4 is 23.4 Å². The van der Waals surface area contributed by atoms with Gasteiger partial charge in [0.2, 0.25) is 5.56 Å². The van der Waals surface area contributed by atoms with Crippen molar-refractivity contribution < 1.29 is 4.79 Å². The monoisotopic (exact) mass is 314 g/mol. The van der Waals surface area contributed by atoms with E-state index in [1.165, 1.54) is 10.6 Å². The van der Waals surface area contributed by atoms with Crippen LogP contribution in [0.25, 0.3) is 0 Å². The number of hydrogen-bond acceptors (Lipinski definition) is 3. The number of fused-ring (bicyclic) bond motifs is 1. The van der Waals surface area contributed by atoms with Gasteiger partial charge in [0.25, 0.3) is 5.91 Å². The van der Waals surface area contributed by atoms with E-state index in [0.717, 1.165) is 10.6 Å². The maximum absolute atomic E-state index is 12.9. The first-order valence-electron chi connectivity index (χ1n) is 7.14. The van der Waals surface area contributed by atoms with Gasteiger partial charge in [-0.2, -0.15) is 0 Å². The van der Waals surface area contributed by atoms with E-state index in [9.17, 15) is 9.59 Å². The Balaban J connectivity index is 2.05. The highest BCUT2D eigenvalue weighted by molar-refractivity contribution is 8.00. The van der Waals surface area contributed by atoms with Crippen LogP contribution in [0.2, 0.25) is 0 Å². The molecule has 1 amide bonds. The Morgan fingerprint density at radius 1 is 1.18 bits per heavy atom. The van der Waals surface area contributed by atoms with E-state index < -0.39 is 0 Å². The molecule has 1 aromatic heterocycles. The van der Waals surface area contributed by atoms with Gasteiger partial charge in [0.15, 0.2) is 0 Å². The Morgan fingerprint density at radius 3 is 2.64 bits per heavy atom. The van der Waals surface area contributed by atoms with E-state index in [0.29, 0.717) is 12.1 Å². The molecule has 0 bridgehead atoms. The van der Waals surface area contributed by atoms with Crippen molar-refractivity contribution in [3.63, 3.8) is 0 Å². The molecule has 0 spiro atoms. The van der Waals surface area contributed by atoms with Gasteiger partial charge in [-0.15, -0.1) is 11.8 Å². The highest BCUT2D eigenvalue weighted by Crippen LogP contribution is 2.44. The zero-order valence-corrected chi connectivity index (χ0v) is 13.7. The summed E-state index contributed by atoms with van der Waals surface area (Å²) in [4.78, 5) is 27.3. The van der Waals surface area contributed by atoms with Crippen LogP contribution >= 0.6 is 11.8 Å². The van der Waals surface area contributed by atoms with Crippen molar-refractivity contribution in [3.8, 4) is 0 Å². The lowest BCUT2D eigenvalue weighted by atomic mass is 10.1. The second-order valence-corrected chi connectivity index (χ2v) is 7.84. The van der Waals surface area contributed by atoms with E-state index in [-0.39, 0.29) is 16.2 Å². The lowest BCUT2D eigenvalue weighted by Crippen LogP contribution is -2.44. The van der Waals surface area contributed by atoms with Crippen molar-refractivity contribution in [3.05, 3.63) is 58.5 Å². The van der Waals surface area contributed by atoms with Crippen LogP contribution in [0.3, 0.4) is 0 Å². The summed E-state index contributed by atoms with van der Waals surface area (Å²) < 4.78 is 1.38. The number of carbonyl (C=O) groups excluding carboxylic acids is 1. The number of pyridine rings is 1. The van der Waals surface area contributed by atoms with Gasteiger partial charge in [0.05, 0.1) is 11.3 Å². The number of aromatic nitrogens is 1. The van der Waals surface area contributed by atoms with E-state index in [4.69, 9.17) is 0 Å². The molecule has 2 aromatic rings. The summed E-state index contributed by atoms with van der Waals surface area (Å²) in [6, 6.07) is 11.0. The Hall–Kier alpha value is -2.01. The number of benzene rings is 1. The molecule has 4 nitrogen and oxygen atoms in total. The van der Waals surface area contributed by atoms with Crippen LogP contribution < -0.4 is 10.5 Å². The molecule has 1 aromatic carbocycles. The second kappa shape index (κ2) is 5.32. The fourth-order valence-corrected chi connectivity index (χ4v) is 3.84. The largest absolute Gasteiger partial charge is 0.318 e. The van der Waals surface area contributed by atoms with Crippen molar-refractivity contribution in [1.29, 1.82) is 0 Å². The first kappa shape index (κ1) is 14.9. The zero-order valence-electron chi connectivity index (χ0n) is 12.9. The van der Waals surface area contributed by atoms with Gasteiger partial charge in [-0.05, 0) is 32.0 Å². The van der Waals surface area contributed by atoms with Gasteiger partial charge >= 0.3 is 0 Å². The maximum Gasteiger partial charge on any atom is 0.259 e. The molecule has 2 heterocycles. The minimum absolute atomic E-state index is 0.0509. The molecule has 114 valence electrons. The second-order valence-electron chi connectivity index (χ2n) is 6.09. The molecule has 0 aliphatic carbocycles. The number of para-hydroxylation sites is 1. The molecule has 22 heavy (non-hydrogen) atoms. The summed E-state index contributed by atoms with van der Waals surface area (Å²) in [6.45, 7) is 4.90. The van der Waals surface area contributed by atoms with Crippen LogP contribution in [0, 0.1) is 0 Å². The van der Waals surface area contributed by atoms with Gasteiger partial charge in [-0.3, -0.25) is 9.59 Å². The summed E-state index contributed by atoms with van der Waals surface area (Å²) in [5, 5.41) is 0. The van der Waals surface area contributed by atoms with Crippen molar-refractivity contribution in [2.24, 2.45) is 7.05 Å². The van der Waals surface area contributed by atoms with Crippen molar-refractivity contribution in [2.45, 2.75) is 23.5 Å². The molecule has 0 N–H and O–H groups in total. The molecule has 1 aliphatic heterocycles. The van der Waals surface area contributed by atoms with Crippen LogP contribution in [0.1, 0.15) is 24.2 Å². The van der Waals surface area contributed by atoms with Gasteiger partial charge < -0.3 is 9.47 Å². The third-order valence-electron chi connectivity index (χ3n) is 3.66. The molecule has 0 saturated carbocycles. The number of aryl methyl sites for hydroxylation is 1. The van der Waals surface area contributed by atoms with E-state index in [1.54, 1.807) is 31.1 Å². The number of carbonyl (C=O) groups is 1. The summed E-state index contributed by atoms with van der Waals surface area (Å²) in [7, 11) is 1.66. The van der Waals surface area contributed by atoms with Crippen molar-refractivity contribution in [2.75, 3.05) is 11.4 Å². The number of amides is 1. The van der Waals surface area contributed by atoms with Crippen molar-refractivity contribution in [1.82, 2.24) is 4.57 Å². The van der Waals surface area contributed by atoms with Gasteiger partial charge in [0.1, 0.15) is 0 Å². The average Bonchev–Trinajstić information content (AvgIpc) is 2.47. The van der Waals surface area contributed by atoms with E-state index >= 15 is 0 Å². The van der Waals surface area contributed by atoms with Crippen LogP contribution in [0.4, 0.5) is 5.69 Å². The van der Waals surface area contributed by atoms with Gasteiger partial charge in [-0.25, -0.2) is 0 Å². The summed E-state index contributed by atoms with van der Waals surface area (Å²) >= 11 is 1.79. The Bertz CT molecular complexity index is 795. The molecule has 0 fully saturated rings. The highest BCUT2D eigenvalue weighted by atomic mass is 32.2. The Labute approximate surface area is 133 Å². The molecular weight excluding hydrogens is 296 g/mol. The third-order valence-corrected chi connectivity index (χ3v) is 4.91. The topological polar surface area (TPSA) is 42.3 Å². The molecule has 0 unspecified atom stereocenters. The summed E-state index contributed by atoms with van der Waals surface area (Å²) in [5.41, 5.74) is 1.34. The number of hydrogen-bond donors (Lipinski definition) is 0. The fourth-order valence-electron chi connectivity index (χ4n) is 2.62. The average molecular weight is 314 g/mol. The number of nitrogens with zero attached hydrogens (tertiary/aromatic N) is 2. The molecule has 5 heteroatoms. The third kappa shape index (κ3) is 2.68. The standard InChI is InChI=1S/C17H18N2O2S/c1-17(2)11-19(13-6-4-5-7-14(13)22-17)16(21)12-8-9-15(20)18(3)10-12/h4-10H,11H2,1-3H3. The highest BCUT2D eigenvalue weighted by Gasteiger charge is 2.34. The maximum atomic E-state index is 12.9. The molecule has 0 saturated heterocycles. The van der Waals surface area contributed by atoms with Crippen LogP contribution in [0.15, 0.2) is 52.3 Å². The van der Waals surface area contributed by atoms with Crippen LogP contribution in [0.5, 0.6) is 0 Å². The minimum Gasteiger partial charge on any atom is -0.318 e. The summed E-state index contributed by atoms with van der Waals surface area (Å²) in [5.74, 6) is -0.0728. The molecule has 0 atom stereocenters. The quantitative estimate of drug-likeness (QED) is 0.813. The first-order valence-corrected chi connectivity index (χ1v) is 7.96. The lowest BCUT2D eigenvalue weighted by molar-refractivity contribution is 0.0983. The molecule has 0 radical (unpaired) electrons. The Morgan fingerprint density at radius 2 is 1.91 bits per heavy atom. The first-order chi connectivity index (χ1) is 10.4. The number of anilines is 1. The SMILES string of the molecule is Cn1cc(C(=O)N2CC(C)(C)Sc3ccccc32)ccc1=O. The van der Waals surface area contributed by atoms with Gasteiger partial charge in [0, 0.05) is 35.5 Å². The van der Waals surface area contributed by atoms with Crippen LogP contribution in [-0.2, 0) is 7.05 Å². The fraction of sp³-hybridized carbons (Fsp3) is 0.294. The predicted molar refractivity (Wildman–Crippen MR) is 89.7 cm³/mol. The van der Waals surface area contributed by atoms with Gasteiger partial charge in [-0.1, -0.05) is 12.1 Å². The molecule has 1 aliphatic rings. The minimum atomic E-state index is -0.119. The van der Waals surface area contributed by atoms with E-state index in [1.807, 2.05) is 29.2 Å². The smallest absolute Gasteiger partial charge is 0.259 e. The van der Waals surface area contributed by atoms with E-state index in [2.05, 4.69) is 13.8 Å². The van der Waals surface area contributed by atoms with Crippen LogP contribution in [-0.4, -0.2) is 21.8 Å².